The molecule has 1 aliphatic rings. The molecule has 2 heteroatoms. The lowest BCUT2D eigenvalue weighted by Gasteiger charge is -2.18. The average Bonchev–Trinajstić information content (AvgIpc) is 2.45. The maximum Gasteiger partial charge on any atom is 0.0630 e. The molecule has 82 valence electrons. The monoisotopic (exact) mass is 198 g/mol. The molecule has 1 aliphatic heterocycles. The lowest BCUT2D eigenvalue weighted by Crippen LogP contribution is -2.17. The van der Waals surface area contributed by atoms with E-state index in [1.54, 1.807) is 0 Å². The van der Waals surface area contributed by atoms with Crippen LogP contribution in [-0.2, 0) is 4.74 Å². The first-order valence-corrected chi connectivity index (χ1v) is 5.43. The van der Waals surface area contributed by atoms with E-state index in [9.17, 15) is 0 Å². The van der Waals surface area contributed by atoms with E-state index in [0.29, 0.717) is 11.8 Å². The van der Waals surface area contributed by atoms with E-state index >= 15 is 0 Å². The molecular weight excluding hydrogens is 176 g/mol. The Balaban J connectivity index is 2.33. The van der Waals surface area contributed by atoms with Crippen molar-refractivity contribution in [3.05, 3.63) is 12.7 Å². The predicted molar refractivity (Wildman–Crippen MR) is 58.1 cm³/mol. The van der Waals surface area contributed by atoms with Gasteiger partial charge in [0.1, 0.15) is 0 Å². The lowest BCUT2D eigenvalue weighted by atomic mass is 9.88. The Bertz CT molecular complexity index is 187. The molecule has 1 saturated heterocycles. The molecular formula is C12H22O2. The summed E-state index contributed by atoms with van der Waals surface area (Å²) in [4.78, 5) is 0. The maximum absolute atomic E-state index is 9.16. The molecule has 2 atom stereocenters. The fourth-order valence-corrected chi connectivity index (χ4v) is 2.26. The van der Waals surface area contributed by atoms with Crippen molar-refractivity contribution in [1.82, 2.24) is 0 Å². The molecule has 0 amide bonds. The molecule has 0 aliphatic carbocycles. The third kappa shape index (κ3) is 3.43. The van der Waals surface area contributed by atoms with Crippen molar-refractivity contribution < 1.29 is 9.84 Å². The Morgan fingerprint density at radius 2 is 2.36 bits per heavy atom. The largest absolute Gasteiger partial charge is 0.396 e. The van der Waals surface area contributed by atoms with E-state index in [1.165, 1.54) is 0 Å². The zero-order valence-electron chi connectivity index (χ0n) is 9.33. The van der Waals surface area contributed by atoms with Gasteiger partial charge >= 0.3 is 0 Å². The van der Waals surface area contributed by atoms with Crippen LogP contribution in [0.4, 0.5) is 0 Å². The normalized spacial score (nSPS) is 27.5. The van der Waals surface area contributed by atoms with Crippen LogP contribution in [0.2, 0.25) is 0 Å². The smallest absolute Gasteiger partial charge is 0.0630 e. The standard InChI is InChI=1S/C12H22O2/c1-4-5-10(8-13)6-11-7-12(2,3)14-9-11/h4,10-11,13H,1,5-9H2,2-3H3/t10-,11-/m1/s1. The van der Waals surface area contributed by atoms with Gasteiger partial charge in [-0.25, -0.2) is 0 Å². The number of ether oxygens (including phenoxy) is 1. The summed E-state index contributed by atoms with van der Waals surface area (Å²) < 4.78 is 5.67. The summed E-state index contributed by atoms with van der Waals surface area (Å²) in [5.74, 6) is 0.983. The molecule has 0 spiro atoms. The number of rotatable bonds is 5. The van der Waals surface area contributed by atoms with Gasteiger partial charge in [-0.05, 0) is 44.9 Å². The van der Waals surface area contributed by atoms with Gasteiger partial charge in [0.05, 0.1) is 12.2 Å². The van der Waals surface area contributed by atoms with Crippen LogP contribution < -0.4 is 0 Å². The molecule has 14 heavy (non-hydrogen) atoms. The Kier molecular flexibility index (Phi) is 4.14. The quantitative estimate of drug-likeness (QED) is 0.687. The number of aliphatic hydroxyl groups is 1. The molecule has 0 saturated carbocycles. The first-order chi connectivity index (χ1) is 6.57. The lowest BCUT2D eigenvalue weighted by molar-refractivity contribution is 0.0343. The molecule has 0 aromatic heterocycles. The second-order valence-electron chi connectivity index (χ2n) is 4.95. The highest BCUT2D eigenvalue weighted by molar-refractivity contribution is 4.83. The molecule has 0 aromatic carbocycles. The Hall–Kier alpha value is -0.340. The SMILES string of the molecule is C=CC[C@@H](CO)C[C@H]1COC(C)(C)C1. The van der Waals surface area contributed by atoms with Gasteiger partial charge in [-0.15, -0.1) is 6.58 Å². The van der Waals surface area contributed by atoms with Crippen molar-refractivity contribution in [2.45, 2.75) is 38.7 Å². The van der Waals surface area contributed by atoms with Crippen molar-refractivity contribution in [1.29, 1.82) is 0 Å². The van der Waals surface area contributed by atoms with Crippen LogP contribution in [-0.4, -0.2) is 23.9 Å². The zero-order valence-corrected chi connectivity index (χ0v) is 9.33. The Morgan fingerprint density at radius 3 is 2.79 bits per heavy atom. The van der Waals surface area contributed by atoms with Crippen molar-refractivity contribution >= 4 is 0 Å². The average molecular weight is 198 g/mol. The summed E-state index contributed by atoms with van der Waals surface area (Å²) in [6.07, 6.45) is 4.97. The first kappa shape index (κ1) is 11.7. The van der Waals surface area contributed by atoms with Crippen molar-refractivity contribution in [2.24, 2.45) is 11.8 Å². The zero-order chi connectivity index (χ0) is 10.6. The highest BCUT2D eigenvalue weighted by Gasteiger charge is 2.32. The second kappa shape index (κ2) is 4.94. The third-order valence-electron chi connectivity index (χ3n) is 2.91. The summed E-state index contributed by atoms with van der Waals surface area (Å²) in [5.41, 5.74) is 0.0405. The minimum Gasteiger partial charge on any atom is -0.396 e. The van der Waals surface area contributed by atoms with Gasteiger partial charge in [-0.2, -0.15) is 0 Å². The molecule has 1 heterocycles. The minimum atomic E-state index is 0.0405. The maximum atomic E-state index is 9.16. The van der Waals surface area contributed by atoms with E-state index in [-0.39, 0.29) is 12.2 Å². The number of allylic oxidation sites excluding steroid dienone is 1. The van der Waals surface area contributed by atoms with Gasteiger partial charge < -0.3 is 9.84 Å². The molecule has 1 N–H and O–H groups in total. The number of aliphatic hydroxyl groups excluding tert-OH is 1. The summed E-state index contributed by atoms with van der Waals surface area (Å²) >= 11 is 0. The first-order valence-electron chi connectivity index (χ1n) is 5.43. The fourth-order valence-electron chi connectivity index (χ4n) is 2.26. The molecule has 0 bridgehead atoms. The van der Waals surface area contributed by atoms with E-state index in [0.717, 1.165) is 25.9 Å². The van der Waals surface area contributed by atoms with Gasteiger partial charge in [-0.1, -0.05) is 6.08 Å². The van der Waals surface area contributed by atoms with Gasteiger partial charge in [0.25, 0.3) is 0 Å². The molecule has 0 aromatic rings. The van der Waals surface area contributed by atoms with Crippen LogP contribution >= 0.6 is 0 Å². The van der Waals surface area contributed by atoms with Gasteiger partial charge in [0, 0.05) is 6.61 Å². The van der Waals surface area contributed by atoms with Crippen LogP contribution in [0.15, 0.2) is 12.7 Å². The Morgan fingerprint density at radius 1 is 1.64 bits per heavy atom. The van der Waals surface area contributed by atoms with Crippen molar-refractivity contribution in [3.63, 3.8) is 0 Å². The molecule has 1 rings (SSSR count). The van der Waals surface area contributed by atoms with Crippen LogP contribution in [0.25, 0.3) is 0 Å². The van der Waals surface area contributed by atoms with E-state index in [2.05, 4.69) is 20.4 Å². The van der Waals surface area contributed by atoms with Crippen LogP contribution in [0.5, 0.6) is 0 Å². The van der Waals surface area contributed by atoms with Gasteiger partial charge in [-0.3, -0.25) is 0 Å². The van der Waals surface area contributed by atoms with Gasteiger partial charge in [0.15, 0.2) is 0 Å². The van der Waals surface area contributed by atoms with Crippen LogP contribution in [0.3, 0.4) is 0 Å². The predicted octanol–water partition coefficient (Wildman–Crippen LogP) is 2.38. The van der Waals surface area contributed by atoms with Crippen molar-refractivity contribution in [2.75, 3.05) is 13.2 Å². The summed E-state index contributed by atoms with van der Waals surface area (Å²) in [6.45, 7) is 9.09. The molecule has 0 unspecified atom stereocenters. The molecule has 1 fully saturated rings. The minimum absolute atomic E-state index is 0.0405. The van der Waals surface area contributed by atoms with Gasteiger partial charge in [0.2, 0.25) is 0 Å². The topological polar surface area (TPSA) is 29.5 Å². The summed E-state index contributed by atoms with van der Waals surface area (Å²) in [6, 6.07) is 0. The highest BCUT2D eigenvalue weighted by Crippen LogP contribution is 2.33. The van der Waals surface area contributed by atoms with E-state index < -0.39 is 0 Å². The van der Waals surface area contributed by atoms with Crippen LogP contribution in [0.1, 0.15) is 33.1 Å². The Labute approximate surface area is 87.0 Å². The van der Waals surface area contributed by atoms with E-state index in [4.69, 9.17) is 9.84 Å². The van der Waals surface area contributed by atoms with Crippen LogP contribution in [0, 0.1) is 11.8 Å². The summed E-state index contributed by atoms with van der Waals surface area (Å²) in [5, 5.41) is 9.16. The molecule has 0 radical (unpaired) electrons. The molecule has 2 nitrogen and oxygen atoms in total. The number of hydrogen-bond donors (Lipinski definition) is 1. The van der Waals surface area contributed by atoms with E-state index in [1.807, 2.05) is 6.08 Å². The van der Waals surface area contributed by atoms with Crippen molar-refractivity contribution in [3.8, 4) is 0 Å². The highest BCUT2D eigenvalue weighted by atomic mass is 16.5. The second-order valence-corrected chi connectivity index (χ2v) is 4.95. The summed E-state index contributed by atoms with van der Waals surface area (Å²) in [7, 11) is 0. The number of hydrogen-bond acceptors (Lipinski definition) is 2. The third-order valence-corrected chi connectivity index (χ3v) is 2.91. The fraction of sp³-hybridized carbons (Fsp3) is 0.833.